The van der Waals surface area contributed by atoms with Crippen LogP contribution in [-0.2, 0) is 11.2 Å². The van der Waals surface area contributed by atoms with Crippen molar-refractivity contribution in [1.29, 1.82) is 0 Å². The molecule has 19 heavy (non-hydrogen) atoms. The van der Waals surface area contributed by atoms with E-state index in [-0.39, 0.29) is 6.10 Å². The summed E-state index contributed by atoms with van der Waals surface area (Å²) in [5, 5.41) is 18.9. The predicted octanol–water partition coefficient (Wildman–Crippen LogP) is 2.97. The van der Waals surface area contributed by atoms with Crippen molar-refractivity contribution in [3.63, 3.8) is 0 Å². The number of carbonyl (C=O) groups is 1. The van der Waals surface area contributed by atoms with Gasteiger partial charge in [0.05, 0.1) is 12.0 Å². The van der Waals surface area contributed by atoms with Crippen LogP contribution in [0.1, 0.15) is 49.7 Å². The van der Waals surface area contributed by atoms with Crippen molar-refractivity contribution in [2.75, 3.05) is 0 Å². The molecule has 1 aliphatic carbocycles. The topological polar surface area (TPSA) is 57.5 Å². The molecule has 0 heterocycles. The number of aliphatic carboxylic acids is 1. The molecule has 3 heteroatoms. The molecule has 0 amide bonds. The predicted molar refractivity (Wildman–Crippen MR) is 74.2 cm³/mol. The third kappa shape index (κ3) is 3.57. The van der Waals surface area contributed by atoms with Crippen molar-refractivity contribution in [3.05, 3.63) is 35.4 Å². The van der Waals surface area contributed by atoms with Crippen molar-refractivity contribution < 1.29 is 15.0 Å². The van der Waals surface area contributed by atoms with E-state index in [1.54, 1.807) is 6.92 Å². The normalized spacial score (nSPS) is 24.9. The molecule has 1 aromatic carbocycles. The quantitative estimate of drug-likeness (QED) is 0.877. The molecule has 104 valence electrons. The summed E-state index contributed by atoms with van der Waals surface area (Å²) in [6.45, 7) is 1.70. The van der Waals surface area contributed by atoms with E-state index in [4.69, 9.17) is 5.11 Å². The molecule has 0 spiro atoms. The highest BCUT2D eigenvalue weighted by molar-refractivity contribution is 5.75. The van der Waals surface area contributed by atoms with Gasteiger partial charge in [-0.3, -0.25) is 4.79 Å². The lowest BCUT2D eigenvalue weighted by molar-refractivity contribution is -0.138. The Labute approximate surface area is 114 Å². The van der Waals surface area contributed by atoms with E-state index < -0.39 is 11.9 Å². The summed E-state index contributed by atoms with van der Waals surface area (Å²) in [6, 6.07) is 7.78. The van der Waals surface area contributed by atoms with E-state index in [2.05, 4.69) is 0 Å². The minimum Gasteiger partial charge on any atom is -0.481 e. The van der Waals surface area contributed by atoms with Gasteiger partial charge in [-0.05, 0) is 43.2 Å². The highest BCUT2D eigenvalue weighted by atomic mass is 16.4. The highest BCUT2D eigenvalue weighted by Gasteiger charge is 2.23. The van der Waals surface area contributed by atoms with E-state index in [0.29, 0.717) is 5.92 Å². The molecule has 0 aliphatic heterocycles. The molecule has 1 saturated carbocycles. The van der Waals surface area contributed by atoms with Gasteiger partial charge in [0, 0.05) is 0 Å². The standard InChI is InChI=1S/C16H22O3/c1-11(16(18)19)13-8-6-12(7-9-13)10-14-4-2-3-5-15(14)17/h6-9,11,14-15,17H,2-5,10H2,1H3,(H,18,19). The van der Waals surface area contributed by atoms with E-state index in [0.717, 1.165) is 31.2 Å². The molecule has 0 radical (unpaired) electrons. The first-order chi connectivity index (χ1) is 9.08. The van der Waals surface area contributed by atoms with Crippen molar-refractivity contribution >= 4 is 5.97 Å². The summed E-state index contributed by atoms with van der Waals surface area (Å²) in [7, 11) is 0. The van der Waals surface area contributed by atoms with Gasteiger partial charge in [0.2, 0.25) is 0 Å². The molecule has 3 atom stereocenters. The Balaban J connectivity index is 2.00. The number of aliphatic hydroxyl groups excluding tert-OH is 1. The molecule has 0 saturated heterocycles. The van der Waals surface area contributed by atoms with Crippen molar-refractivity contribution in [2.24, 2.45) is 5.92 Å². The van der Waals surface area contributed by atoms with Gasteiger partial charge in [-0.2, -0.15) is 0 Å². The van der Waals surface area contributed by atoms with Crippen LogP contribution in [0.3, 0.4) is 0 Å². The number of rotatable bonds is 4. The molecule has 2 rings (SSSR count). The Morgan fingerprint density at radius 1 is 1.26 bits per heavy atom. The fourth-order valence-corrected chi connectivity index (χ4v) is 2.81. The Hall–Kier alpha value is -1.35. The van der Waals surface area contributed by atoms with E-state index in [9.17, 15) is 9.90 Å². The van der Waals surface area contributed by atoms with Crippen LogP contribution in [0.4, 0.5) is 0 Å². The first-order valence-corrected chi connectivity index (χ1v) is 7.07. The van der Waals surface area contributed by atoms with Crippen molar-refractivity contribution in [2.45, 2.75) is 51.0 Å². The summed E-state index contributed by atoms with van der Waals surface area (Å²) >= 11 is 0. The van der Waals surface area contributed by atoms with Crippen LogP contribution < -0.4 is 0 Å². The Morgan fingerprint density at radius 3 is 2.47 bits per heavy atom. The van der Waals surface area contributed by atoms with E-state index in [1.807, 2.05) is 24.3 Å². The van der Waals surface area contributed by atoms with Gasteiger partial charge in [-0.1, -0.05) is 37.1 Å². The molecule has 1 fully saturated rings. The van der Waals surface area contributed by atoms with Crippen LogP contribution in [-0.4, -0.2) is 22.3 Å². The summed E-state index contributed by atoms with van der Waals surface area (Å²) in [6.07, 6.45) is 5.06. The van der Waals surface area contributed by atoms with E-state index in [1.165, 1.54) is 12.0 Å². The molecular formula is C16H22O3. The average Bonchev–Trinajstić information content (AvgIpc) is 2.41. The average molecular weight is 262 g/mol. The second-order valence-electron chi connectivity index (χ2n) is 5.62. The Bertz CT molecular complexity index is 424. The molecule has 0 aromatic heterocycles. The minimum atomic E-state index is -0.796. The lowest BCUT2D eigenvalue weighted by Gasteiger charge is -2.27. The summed E-state index contributed by atoms with van der Waals surface area (Å²) in [5.41, 5.74) is 2.02. The molecule has 3 nitrogen and oxygen atoms in total. The maximum Gasteiger partial charge on any atom is 0.310 e. The Morgan fingerprint density at radius 2 is 1.89 bits per heavy atom. The van der Waals surface area contributed by atoms with Gasteiger partial charge in [-0.15, -0.1) is 0 Å². The van der Waals surface area contributed by atoms with Crippen LogP contribution >= 0.6 is 0 Å². The number of hydrogen-bond acceptors (Lipinski definition) is 2. The summed E-state index contributed by atoms with van der Waals surface area (Å²) < 4.78 is 0. The van der Waals surface area contributed by atoms with Crippen LogP contribution in [0.2, 0.25) is 0 Å². The molecular weight excluding hydrogens is 240 g/mol. The molecule has 1 aromatic rings. The van der Waals surface area contributed by atoms with Crippen LogP contribution in [0, 0.1) is 5.92 Å². The summed E-state index contributed by atoms with van der Waals surface area (Å²) in [5.74, 6) is -0.902. The third-order valence-electron chi connectivity index (χ3n) is 4.22. The molecule has 2 N–H and O–H groups in total. The van der Waals surface area contributed by atoms with Crippen LogP contribution in [0.5, 0.6) is 0 Å². The number of benzene rings is 1. The first-order valence-electron chi connectivity index (χ1n) is 7.07. The van der Waals surface area contributed by atoms with Crippen molar-refractivity contribution in [1.82, 2.24) is 0 Å². The van der Waals surface area contributed by atoms with Crippen LogP contribution in [0.25, 0.3) is 0 Å². The van der Waals surface area contributed by atoms with E-state index >= 15 is 0 Å². The lowest BCUT2D eigenvalue weighted by atomic mass is 9.82. The number of carboxylic acids is 1. The van der Waals surface area contributed by atoms with Gasteiger partial charge in [0.15, 0.2) is 0 Å². The molecule has 3 unspecified atom stereocenters. The zero-order valence-electron chi connectivity index (χ0n) is 11.4. The second-order valence-corrected chi connectivity index (χ2v) is 5.62. The highest BCUT2D eigenvalue weighted by Crippen LogP contribution is 2.28. The zero-order valence-corrected chi connectivity index (χ0v) is 11.4. The van der Waals surface area contributed by atoms with Crippen LogP contribution in [0.15, 0.2) is 24.3 Å². The number of aliphatic hydroxyl groups is 1. The maximum atomic E-state index is 10.9. The third-order valence-corrected chi connectivity index (χ3v) is 4.22. The van der Waals surface area contributed by atoms with Gasteiger partial charge in [-0.25, -0.2) is 0 Å². The Kier molecular flexibility index (Phi) is 4.59. The monoisotopic (exact) mass is 262 g/mol. The maximum absolute atomic E-state index is 10.9. The zero-order chi connectivity index (χ0) is 13.8. The van der Waals surface area contributed by atoms with Gasteiger partial charge < -0.3 is 10.2 Å². The smallest absolute Gasteiger partial charge is 0.310 e. The molecule has 0 bridgehead atoms. The summed E-state index contributed by atoms with van der Waals surface area (Å²) in [4.78, 5) is 10.9. The molecule has 1 aliphatic rings. The van der Waals surface area contributed by atoms with Gasteiger partial charge >= 0.3 is 5.97 Å². The fraction of sp³-hybridized carbons (Fsp3) is 0.562. The first kappa shape index (κ1) is 14.1. The number of carboxylic acid groups (broad SMARTS) is 1. The largest absolute Gasteiger partial charge is 0.481 e. The number of hydrogen-bond donors (Lipinski definition) is 2. The van der Waals surface area contributed by atoms with Crippen molar-refractivity contribution in [3.8, 4) is 0 Å². The second kappa shape index (κ2) is 6.20. The fourth-order valence-electron chi connectivity index (χ4n) is 2.81. The SMILES string of the molecule is CC(C(=O)O)c1ccc(CC2CCCCC2O)cc1. The van der Waals surface area contributed by atoms with Gasteiger partial charge in [0.25, 0.3) is 0 Å². The minimum absolute atomic E-state index is 0.175. The van der Waals surface area contributed by atoms with Gasteiger partial charge in [0.1, 0.15) is 0 Å². The lowest BCUT2D eigenvalue weighted by Crippen LogP contribution is -2.26.